The molecule has 3 nitrogen and oxygen atoms in total. The lowest BCUT2D eigenvalue weighted by atomic mass is 9.95. The van der Waals surface area contributed by atoms with E-state index in [-0.39, 0.29) is 11.8 Å². The second kappa shape index (κ2) is 8.15. The number of benzene rings is 2. The van der Waals surface area contributed by atoms with Crippen molar-refractivity contribution in [3.63, 3.8) is 0 Å². The number of likely N-dealkylation sites (tertiary alicyclic amines) is 1. The van der Waals surface area contributed by atoms with Crippen LogP contribution in [0.1, 0.15) is 18.4 Å². The number of hydrogen-bond acceptors (Lipinski definition) is 2. The summed E-state index contributed by atoms with van der Waals surface area (Å²) in [7, 11) is 0. The molecule has 1 aliphatic heterocycles. The van der Waals surface area contributed by atoms with Gasteiger partial charge in [0, 0.05) is 27.6 Å². The van der Waals surface area contributed by atoms with Crippen LogP contribution in [0.15, 0.2) is 53.0 Å². The van der Waals surface area contributed by atoms with Crippen LogP contribution in [0.25, 0.3) is 0 Å². The first-order valence-corrected chi connectivity index (χ1v) is 9.30. The predicted octanol–water partition coefficient (Wildman–Crippen LogP) is 4.95. The summed E-state index contributed by atoms with van der Waals surface area (Å²) in [6, 6.07) is 15.7. The summed E-state index contributed by atoms with van der Waals surface area (Å²) < 4.78 is 1.01. The Morgan fingerprint density at radius 2 is 1.88 bits per heavy atom. The Balaban J connectivity index is 1.49. The van der Waals surface area contributed by atoms with Crippen LogP contribution >= 0.6 is 27.5 Å². The first kappa shape index (κ1) is 17.5. The quantitative estimate of drug-likeness (QED) is 0.777. The van der Waals surface area contributed by atoms with Crippen molar-refractivity contribution in [1.29, 1.82) is 0 Å². The van der Waals surface area contributed by atoms with Gasteiger partial charge in [0.15, 0.2) is 0 Å². The lowest BCUT2D eigenvalue weighted by Crippen LogP contribution is -2.37. The monoisotopic (exact) mass is 406 g/mol. The number of amides is 1. The van der Waals surface area contributed by atoms with Gasteiger partial charge in [0.1, 0.15) is 0 Å². The third-order valence-electron chi connectivity index (χ3n) is 4.37. The Labute approximate surface area is 156 Å². The van der Waals surface area contributed by atoms with Crippen LogP contribution in [-0.2, 0) is 11.3 Å². The highest BCUT2D eigenvalue weighted by Gasteiger charge is 2.25. The van der Waals surface area contributed by atoms with Crippen molar-refractivity contribution in [1.82, 2.24) is 4.90 Å². The van der Waals surface area contributed by atoms with Crippen LogP contribution in [0.5, 0.6) is 0 Å². The molecule has 0 saturated carbocycles. The average Bonchev–Trinajstić information content (AvgIpc) is 2.57. The fourth-order valence-electron chi connectivity index (χ4n) is 3.02. The van der Waals surface area contributed by atoms with E-state index in [1.54, 1.807) is 0 Å². The van der Waals surface area contributed by atoms with E-state index in [4.69, 9.17) is 11.6 Å². The van der Waals surface area contributed by atoms with E-state index in [1.807, 2.05) is 42.5 Å². The first-order valence-electron chi connectivity index (χ1n) is 8.13. The van der Waals surface area contributed by atoms with Crippen molar-refractivity contribution in [2.45, 2.75) is 19.4 Å². The van der Waals surface area contributed by atoms with Gasteiger partial charge in [0.05, 0.1) is 0 Å². The van der Waals surface area contributed by atoms with Gasteiger partial charge >= 0.3 is 0 Å². The smallest absolute Gasteiger partial charge is 0.227 e. The Morgan fingerprint density at radius 3 is 2.54 bits per heavy atom. The summed E-state index contributed by atoms with van der Waals surface area (Å²) >= 11 is 9.44. The highest BCUT2D eigenvalue weighted by Crippen LogP contribution is 2.22. The second-order valence-corrected chi connectivity index (χ2v) is 7.53. The minimum Gasteiger partial charge on any atom is -0.326 e. The Hall–Kier alpha value is -1.36. The minimum absolute atomic E-state index is 0.0873. The molecule has 3 rings (SSSR count). The van der Waals surface area contributed by atoms with Crippen molar-refractivity contribution < 1.29 is 4.79 Å². The van der Waals surface area contributed by atoms with Gasteiger partial charge in [-0.3, -0.25) is 9.69 Å². The normalized spacial score (nSPS) is 16.1. The van der Waals surface area contributed by atoms with E-state index in [0.717, 1.165) is 47.7 Å². The molecule has 2 aromatic rings. The predicted molar refractivity (Wildman–Crippen MR) is 102 cm³/mol. The third-order valence-corrected chi connectivity index (χ3v) is 5.13. The standard InChI is InChI=1S/C19H20BrClN2O/c20-16-4-6-18(7-5-16)22-19(24)15-8-10-23(11-9-15)13-14-2-1-3-17(21)12-14/h1-7,12,15H,8-11,13H2,(H,22,24). The number of carbonyl (C=O) groups excluding carboxylic acids is 1. The maximum Gasteiger partial charge on any atom is 0.227 e. The molecule has 0 bridgehead atoms. The Morgan fingerprint density at radius 1 is 1.17 bits per heavy atom. The number of rotatable bonds is 4. The molecule has 1 heterocycles. The number of piperidine rings is 1. The molecule has 0 aromatic heterocycles. The van der Waals surface area contributed by atoms with Crippen molar-refractivity contribution >= 4 is 39.1 Å². The van der Waals surface area contributed by atoms with Crippen molar-refractivity contribution in [2.75, 3.05) is 18.4 Å². The van der Waals surface area contributed by atoms with Crippen molar-refractivity contribution in [3.05, 3.63) is 63.6 Å². The SMILES string of the molecule is O=C(Nc1ccc(Br)cc1)C1CCN(Cc2cccc(Cl)c2)CC1. The fourth-order valence-corrected chi connectivity index (χ4v) is 3.50. The molecular weight excluding hydrogens is 388 g/mol. The lowest BCUT2D eigenvalue weighted by molar-refractivity contribution is -0.121. The molecule has 0 spiro atoms. The molecule has 5 heteroatoms. The molecule has 0 radical (unpaired) electrons. The van der Waals surface area contributed by atoms with E-state index in [9.17, 15) is 4.79 Å². The van der Waals surface area contributed by atoms with Gasteiger partial charge in [-0.25, -0.2) is 0 Å². The molecule has 24 heavy (non-hydrogen) atoms. The highest BCUT2D eigenvalue weighted by atomic mass is 79.9. The topological polar surface area (TPSA) is 32.3 Å². The zero-order valence-corrected chi connectivity index (χ0v) is 15.7. The summed E-state index contributed by atoms with van der Waals surface area (Å²) in [5.41, 5.74) is 2.07. The second-order valence-electron chi connectivity index (χ2n) is 6.18. The molecule has 1 fully saturated rings. The summed E-state index contributed by atoms with van der Waals surface area (Å²) in [4.78, 5) is 14.8. The van der Waals surface area contributed by atoms with Crippen LogP contribution in [0.2, 0.25) is 5.02 Å². The molecule has 0 aliphatic carbocycles. The molecular formula is C19H20BrClN2O. The van der Waals surface area contributed by atoms with E-state index < -0.39 is 0 Å². The molecule has 0 unspecified atom stereocenters. The Kier molecular flexibility index (Phi) is 5.93. The summed E-state index contributed by atoms with van der Waals surface area (Å²) in [5.74, 6) is 0.212. The number of nitrogens with one attached hydrogen (secondary N) is 1. The summed E-state index contributed by atoms with van der Waals surface area (Å²) in [6.07, 6.45) is 1.78. The van der Waals surface area contributed by atoms with E-state index in [1.165, 1.54) is 5.56 Å². The van der Waals surface area contributed by atoms with Gasteiger partial charge in [-0.1, -0.05) is 39.7 Å². The van der Waals surface area contributed by atoms with Crippen molar-refractivity contribution in [3.8, 4) is 0 Å². The first-order chi connectivity index (χ1) is 11.6. The zero-order chi connectivity index (χ0) is 16.9. The number of carbonyl (C=O) groups is 1. The molecule has 1 N–H and O–H groups in total. The summed E-state index contributed by atoms with van der Waals surface area (Å²) in [5, 5.41) is 3.79. The summed E-state index contributed by atoms with van der Waals surface area (Å²) in [6.45, 7) is 2.76. The zero-order valence-electron chi connectivity index (χ0n) is 13.3. The highest BCUT2D eigenvalue weighted by molar-refractivity contribution is 9.10. The molecule has 1 aliphatic rings. The van der Waals surface area contributed by atoms with Crippen LogP contribution < -0.4 is 5.32 Å². The Bertz CT molecular complexity index is 697. The van der Waals surface area contributed by atoms with Gasteiger partial charge in [-0.05, 0) is 67.9 Å². The number of halogens is 2. The molecule has 0 atom stereocenters. The maximum absolute atomic E-state index is 12.4. The van der Waals surface area contributed by atoms with Crippen LogP contribution in [0.4, 0.5) is 5.69 Å². The lowest BCUT2D eigenvalue weighted by Gasteiger charge is -2.31. The maximum atomic E-state index is 12.4. The van der Waals surface area contributed by atoms with Gasteiger partial charge in [0.2, 0.25) is 5.91 Å². The molecule has 2 aromatic carbocycles. The third kappa shape index (κ3) is 4.82. The fraction of sp³-hybridized carbons (Fsp3) is 0.316. The van der Waals surface area contributed by atoms with Crippen LogP contribution in [-0.4, -0.2) is 23.9 Å². The minimum atomic E-state index is 0.0873. The van der Waals surface area contributed by atoms with Gasteiger partial charge in [-0.15, -0.1) is 0 Å². The van der Waals surface area contributed by atoms with E-state index >= 15 is 0 Å². The molecule has 1 saturated heterocycles. The average molecular weight is 408 g/mol. The number of hydrogen-bond donors (Lipinski definition) is 1. The van der Waals surface area contributed by atoms with Crippen LogP contribution in [0.3, 0.4) is 0 Å². The largest absolute Gasteiger partial charge is 0.326 e. The van der Waals surface area contributed by atoms with Gasteiger partial charge in [-0.2, -0.15) is 0 Å². The number of anilines is 1. The van der Waals surface area contributed by atoms with E-state index in [2.05, 4.69) is 32.2 Å². The van der Waals surface area contributed by atoms with E-state index in [0.29, 0.717) is 0 Å². The molecule has 1 amide bonds. The molecule has 126 valence electrons. The van der Waals surface area contributed by atoms with Gasteiger partial charge < -0.3 is 5.32 Å². The van der Waals surface area contributed by atoms with Crippen LogP contribution in [0, 0.1) is 5.92 Å². The van der Waals surface area contributed by atoms with Crippen molar-refractivity contribution in [2.24, 2.45) is 5.92 Å². The van der Waals surface area contributed by atoms with Gasteiger partial charge in [0.25, 0.3) is 0 Å². The number of nitrogens with zero attached hydrogens (tertiary/aromatic N) is 1.